The third-order valence-electron chi connectivity index (χ3n) is 8.54. The minimum absolute atomic E-state index is 0.783. The van der Waals surface area contributed by atoms with E-state index < -0.39 is 7.26 Å². The van der Waals surface area contributed by atoms with E-state index in [-0.39, 0.29) is 0 Å². The zero-order valence-corrected chi connectivity index (χ0v) is 18.0. The van der Waals surface area contributed by atoms with Gasteiger partial charge in [0.15, 0.2) is 0 Å². The second-order valence-corrected chi connectivity index (χ2v) is 14.9. The second kappa shape index (κ2) is 8.41. The molecule has 3 rings (SSSR count). The van der Waals surface area contributed by atoms with E-state index in [1.807, 2.05) is 0 Å². The lowest BCUT2D eigenvalue weighted by Gasteiger charge is -2.50. The number of rotatable bonds is 4. The van der Waals surface area contributed by atoms with E-state index in [9.17, 15) is 0 Å². The molecule has 0 bridgehead atoms. The zero-order chi connectivity index (χ0) is 17.2. The molecule has 0 N–H and O–H groups in total. The van der Waals surface area contributed by atoms with Crippen LogP contribution in [-0.2, 0) is 0 Å². The van der Waals surface area contributed by atoms with E-state index in [0.29, 0.717) is 0 Å². The van der Waals surface area contributed by atoms with Gasteiger partial charge in [0.1, 0.15) is 0 Å². The molecule has 0 aliphatic heterocycles. The second-order valence-electron chi connectivity index (χ2n) is 10.1. The van der Waals surface area contributed by atoms with Crippen LogP contribution in [0.15, 0.2) is 0 Å². The van der Waals surface area contributed by atoms with Crippen molar-refractivity contribution in [3.8, 4) is 0 Å². The van der Waals surface area contributed by atoms with E-state index in [1.54, 1.807) is 83.2 Å². The van der Waals surface area contributed by atoms with Crippen LogP contribution in [0.25, 0.3) is 0 Å². The predicted octanol–water partition coefficient (Wildman–Crippen LogP) is 7.76. The Bertz CT molecular complexity index is 310. The highest BCUT2D eigenvalue weighted by Crippen LogP contribution is 2.77. The first-order chi connectivity index (χ1) is 11.6. The normalized spacial score (nSPS) is 44.0. The average Bonchev–Trinajstić information content (AvgIpc) is 2.60. The molecule has 0 unspecified atom stereocenters. The topological polar surface area (TPSA) is 0 Å². The van der Waals surface area contributed by atoms with Crippen molar-refractivity contribution >= 4 is 7.26 Å². The van der Waals surface area contributed by atoms with Gasteiger partial charge in [0.25, 0.3) is 0 Å². The fourth-order valence-electron chi connectivity index (χ4n) is 6.84. The highest BCUT2D eigenvalue weighted by Gasteiger charge is 2.56. The summed E-state index contributed by atoms with van der Waals surface area (Å²) in [6.07, 6.45) is 20.4. The van der Waals surface area contributed by atoms with E-state index in [2.05, 4.69) is 27.7 Å². The van der Waals surface area contributed by atoms with Crippen LogP contribution in [0.3, 0.4) is 0 Å². The molecule has 3 aliphatic rings. The summed E-state index contributed by atoms with van der Waals surface area (Å²) in [6, 6.07) is 0. The third-order valence-corrected chi connectivity index (χ3v) is 15.3. The summed E-state index contributed by atoms with van der Waals surface area (Å²) < 4.78 is 0. The first kappa shape index (κ1) is 19.2. The average molecular weight is 352 g/mol. The molecule has 0 aromatic heterocycles. The summed E-state index contributed by atoms with van der Waals surface area (Å²) in [5.41, 5.74) is 3.49. The van der Waals surface area contributed by atoms with Crippen LogP contribution in [0.4, 0.5) is 0 Å². The molecule has 140 valence electrons. The van der Waals surface area contributed by atoms with Crippen LogP contribution >= 0.6 is 7.26 Å². The van der Waals surface area contributed by atoms with Crippen LogP contribution in [0.1, 0.15) is 105 Å². The standard InChI is InChI=1S/C23H44P/c1-5-24(21-12-6-18(2)7-13-21,22-14-8-19(3)9-15-22)23-16-10-20(4)11-17-23/h18-23H,5-17H2,1-4H3/q+1. The number of hydrogen-bond donors (Lipinski definition) is 0. The quantitative estimate of drug-likeness (QED) is 0.454. The molecule has 0 amide bonds. The molecule has 0 heterocycles. The van der Waals surface area contributed by atoms with Gasteiger partial charge in [0, 0.05) is 7.26 Å². The van der Waals surface area contributed by atoms with E-state index in [1.165, 1.54) is 0 Å². The molecule has 0 radical (unpaired) electrons. The fraction of sp³-hybridized carbons (Fsp3) is 1.00. The summed E-state index contributed by atoms with van der Waals surface area (Å²) in [7, 11) is -0.783. The molecule has 0 spiro atoms. The molecule has 3 aliphatic carbocycles. The third kappa shape index (κ3) is 3.89. The fourth-order valence-corrected chi connectivity index (χ4v) is 14.0. The van der Waals surface area contributed by atoms with Crippen molar-refractivity contribution in [3.05, 3.63) is 0 Å². The van der Waals surface area contributed by atoms with Gasteiger partial charge in [-0.1, -0.05) is 20.8 Å². The minimum atomic E-state index is -0.783. The summed E-state index contributed by atoms with van der Waals surface area (Å²) >= 11 is 0. The van der Waals surface area contributed by atoms with Crippen molar-refractivity contribution in [2.75, 3.05) is 6.16 Å². The molecule has 24 heavy (non-hydrogen) atoms. The largest absolute Gasteiger partial charge is 0.0703 e. The van der Waals surface area contributed by atoms with Gasteiger partial charge in [-0.05, 0) is 102 Å². The highest BCUT2D eigenvalue weighted by atomic mass is 31.2. The van der Waals surface area contributed by atoms with E-state index in [4.69, 9.17) is 0 Å². The van der Waals surface area contributed by atoms with Gasteiger partial charge in [-0.15, -0.1) is 0 Å². The Labute approximate surface area is 153 Å². The molecular formula is C23H44P+. The Morgan fingerprint density at radius 1 is 0.500 bits per heavy atom. The van der Waals surface area contributed by atoms with Gasteiger partial charge in [-0.2, -0.15) is 0 Å². The lowest BCUT2D eigenvalue weighted by Crippen LogP contribution is -2.39. The maximum Gasteiger partial charge on any atom is 0.0703 e. The van der Waals surface area contributed by atoms with Crippen LogP contribution in [0.2, 0.25) is 0 Å². The molecule has 0 aromatic rings. The molecule has 0 atom stereocenters. The summed E-state index contributed by atoms with van der Waals surface area (Å²) in [4.78, 5) is 0. The monoisotopic (exact) mass is 351 g/mol. The Balaban J connectivity index is 1.83. The molecular weight excluding hydrogens is 307 g/mol. The van der Waals surface area contributed by atoms with Gasteiger partial charge >= 0.3 is 0 Å². The first-order valence-electron chi connectivity index (χ1n) is 11.4. The maximum atomic E-state index is 2.63. The van der Waals surface area contributed by atoms with Gasteiger partial charge < -0.3 is 0 Å². The zero-order valence-electron chi connectivity index (χ0n) is 17.1. The molecule has 3 saturated carbocycles. The van der Waals surface area contributed by atoms with Gasteiger partial charge in [-0.3, -0.25) is 0 Å². The van der Waals surface area contributed by atoms with Crippen molar-refractivity contribution < 1.29 is 0 Å². The summed E-state index contributed by atoms with van der Waals surface area (Å²) in [5.74, 6) is 3.04. The van der Waals surface area contributed by atoms with Crippen molar-refractivity contribution in [1.82, 2.24) is 0 Å². The van der Waals surface area contributed by atoms with Gasteiger partial charge in [0.2, 0.25) is 0 Å². The predicted molar refractivity (Wildman–Crippen MR) is 112 cm³/mol. The van der Waals surface area contributed by atoms with Crippen molar-refractivity contribution in [2.45, 2.75) is 122 Å². The van der Waals surface area contributed by atoms with E-state index in [0.717, 1.165) is 34.7 Å². The van der Waals surface area contributed by atoms with Crippen LogP contribution in [-0.4, -0.2) is 23.1 Å². The SMILES string of the molecule is CC[P+](C1CCC(C)CC1)(C1CCC(C)CC1)C1CCC(C)CC1. The van der Waals surface area contributed by atoms with Crippen molar-refractivity contribution in [2.24, 2.45) is 17.8 Å². The summed E-state index contributed by atoms with van der Waals surface area (Å²) in [6.45, 7) is 10.1. The molecule has 0 aromatic carbocycles. The molecule has 0 nitrogen and oxygen atoms in total. The molecule has 0 saturated heterocycles. The van der Waals surface area contributed by atoms with Gasteiger partial charge in [0.05, 0.1) is 23.1 Å². The lowest BCUT2D eigenvalue weighted by atomic mass is 9.89. The number of hydrogen-bond acceptors (Lipinski definition) is 0. The molecule has 1 heteroatoms. The minimum Gasteiger partial charge on any atom is -0.0625 e. The Morgan fingerprint density at radius 2 is 0.750 bits per heavy atom. The Morgan fingerprint density at radius 3 is 0.958 bits per heavy atom. The highest BCUT2D eigenvalue weighted by molar-refractivity contribution is 7.77. The van der Waals surface area contributed by atoms with Crippen LogP contribution in [0.5, 0.6) is 0 Å². The van der Waals surface area contributed by atoms with Crippen molar-refractivity contribution in [3.63, 3.8) is 0 Å². The Kier molecular flexibility index (Phi) is 6.73. The van der Waals surface area contributed by atoms with Crippen LogP contribution < -0.4 is 0 Å². The smallest absolute Gasteiger partial charge is 0.0625 e. The van der Waals surface area contributed by atoms with Crippen molar-refractivity contribution in [1.29, 1.82) is 0 Å². The first-order valence-corrected chi connectivity index (χ1v) is 13.6. The lowest BCUT2D eigenvalue weighted by molar-refractivity contribution is 0.352. The summed E-state index contributed by atoms with van der Waals surface area (Å²) in [5, 5.41) is 0. The maximum absolute atomic E-state index is 2.63. The van der Waals surface area contributed by atoms with Gasteiger partial charge in [-0.25, -0.2) is 0 Å². The Hall–Kier alpha value is 0.430. The van der Waals surface area contributed by atoms with E-state index >= 15 is 0 Å². The molecule has 3 fully saturated rings. The van der Waals surface area contributed by atoms with Crippen LogP contribution in [0, 0.1) is 17.8 Å².